The molecule has 6 nitrogen and oxygen atoms in total. The Morgan fingerprint density at radius 1 is 1.09 bits per heavy atom. The highest BCUT2D eigenvalue weighted by atomic mass is 35.5. The van der Waals surface area contributed by atoms with Crippen LogP contribution in [0.4, 0.5) is 8.78 Å². The fourth-order valence-corrected chi connectivity index (χ4v) is 8.45. The molecule has 2 aliphatic rings. The lowest BCUT2D eigenvalue weighted by molar-refractivity contribution is -0.0215. The van der Waals surface area contributed by atoms with Crippen LogP contribution >= 0.6 is 11.6 Å². The molecular weight excluding hydrogens is 498 g/mol. The lowest BCUT2D eigenvalue weighted by Gasteiger charge is -2.52. The molecule has 0 aromatic heterocycles. The molecule has 0 spiro atoms. The van der Waals surface area contributed by atoms with Gasteiger partial charge < -0.3 is 9.84 Å². The van der Waals surface area contributed by atoms with Crippen LogP contribution in [-0.4, -0.2) is 46.7 Å². The SMILES string of the molecule is CS(=O)(=O)CC[C@H]1[C@H](O)CC[C@]2(S(=O)(=O)c3ccc(Cl)cc3)c3c(F)ccc(F)c3OC[C@H]12. The fraction of sp³-hybridized carbons (Fsp3) is 0.455. The van der Waals surface area contributed by atoms with Gasteiger partial charge in [-0.2, -0.15) is 0 Å². The molecule has 180 valence electrons. The Morgan fingerprint density at radius 3 is 2.36 bits per heavy atom. The Labute approximate surface area is 196 Å². The van der Waals surface area contributed by atoms with Crippen LogP contribution in [0.15, 0.2) is 41.3 Å². The standard InChI is InChI=1S/C22H23ClF2O6S2/c1-32(27,28)11-9-15-16-12-31-21-18(25)7-6-17(24)20(21)22(16,10-8-19(15)26)33(29,30)14-4-2-13(23)3-5-14/h2-7,15-16,19,26H,8-12H2,1H3/t15-,16-,19-,22-/m1/s1. The maximum atomic E-state index is 15.3. The Hall–Kier alpha value is -1.75. The number of halogens is 3. The van der Waals surface area contributed by atoms with Crippen LogP contribution in [0.2, 0.25) is 5.02 Å². The van der Waals surface area contributed by atoms with Gasteiger partial charge in [-0.25, -0.2) is 25.6 Å². The van der Waals surface area contributed by atoms with Crippen molar-refractivity contribution in [2.24, 2.45) is 11.8 Å². The molecule has 33 heavy (non-hydrogen) atoms. The maximum absolute atomic E-state index is 15.3. The molecule has 0 radical (unpaired) electrons. The average molecular weight is 521 g/mol. The van der Waals surface area contributed by atoms with Crippen molar-refractivity contribution in [1.29, 1.82) is 0 Å². The number of aliphatic hydroxyl groups is 1. The highest BCUT2D eigenvalue weighted by Crippen LogP contribution is 2.58. The van der Waals surface area contributed by atoms with Gasteiger partial charge >= 0.3 is 0 Å². The molecule has 0 bridgehead atoms. The second-order valence-corrected chi connectivity index (χ2v) is 13.6. The summed E-state index contributed by atoms with van der Waals surface area (Å²) < 4.78 is 85.5. The van der Waals surface area contributed by atoms with E-state index in [1.807, 2.05) is 0 Å². The summed E-state index contributed by atoms with van der Waals surface area (Å²) in [5.74, 6) is -4.43. The lowest BCUT2D eigenvalue weighted by Crippen LogP contribution is -2.57. The summed E-state index contributed by atoms with van der Waals surface area (Å²) in [6, 6.07) is 7.10. The molecular formula is C22H23ClF2O6S2. The van der Waals surface area contributed by atoms with Crippen molar-refractivity contribution in [3.05, 3.63) is 58.6 Å². The second kappa shape index (κ2) is 8.48. The Morgan fingerprint density at radius 2 is 1.73 bits per heavy atom. The van der Waals surface area contributed by atoms with Crippen molar-refractivity contribution in [1.82, 2.24) is 0 Å². The average Bonchev–Trinajstić information content (AvgIpc) is 2.74. The maximum Gasteiger partial charge on any atom is 0.188 e. The predicted octanol–water partition coefficient (Wildman–Crippen LogP) is 3.50. The number of fused-ring (bicyclic) bond motifs is 3. The van der Waals surface area contributed by atoms with Crippen molar-refractivity contribution >= 4 is 31.3 Å². The summed E-state index contributed by atoms with van der Waals surface area (Å²) in [6.45, 7) is -0.314. The van der Waals surface area contributed by atoms with E-state index in [9.17, 15) is 26.3 Å². The summed E-state index contributed by atoms with van der Waals surface area (Å²) >= 11 is 5.92. The first-order chi connectivity index (χ1) is 15.4. The van der Waals surface area contributed by atoms with Gasteiger partial charge in [0.1, 0.15) is 20.4 Å². The molecule has 1 N–H and O–H groups in total. The highest BCUT2D eigenvalue weighted by molar-refractivity contribution is 7.92. The van der Waals surface area contributed by atoms with E-state index in [2.05, 4.69) is 0 Å². The molecule has 4 atom stereocenters. The summed E-state index contributed by atoms with van der Waals surface area (Å²) in [5.41, 5.74) is -0.412. The third-order valence-electron chi connectivity index (χ3n) is 6.74. The minimum Gasteiger partial charge on any atom is -0.490 e. The van der Waals surface area contributed by atoms with Crippen molar-refractivity contribution in [2.45, 2.75) is 35.0 Å². The Balaban J connectivity index is 1.97. The zero-order valence-electron chi connectivity index (χ0n) is 17.7. The number of ether oxygens (including phenoxy) is 1. The predicted molar refractivity (Wildman–Crippen MR) is 119 cm³/mol. The number of benzene rings is 2. The van der Waals surface area contributed by atoms with Gasteiger partial charge in [0.25, 0.3) is 0 Å². The zero-order chi connectivity index (χ0) is 24.2. The van der Waals surface area contributed by atoms with Gasteiger partial charge in [0.2, 0.25) is 0 Å². The summed E-state index contributed by atoms with van der Waals surface area (Å²) in [5, 5.41) is 11.0. The second-order valence-electron chi connectivity index (χ2n) is 8.69. The molecule has 4 rings (SSSR count). The minimum absolute atomic E-state index is 0.0346. The fourth-order valence-electron chi connectivity index (χ4n) is 5.22. The number of hydrogen-bond acceptors (Lipinski definition) is 6. The first-order valence-electron chi connectivity index (χ1n) is 10.4. The van der Waals surface area contributed by atoms with Crippen molar-refractivity contribution in [3.63, 3.8) is 0 Å². The van der Waals surface area contributed by atoms with Gasteiger partial charge in [0.05, 0.1) is 28.9 Å². The monoisotopic (exact) mass is 520 g/mol. The Kier molecular flexibility index (Phi) is 6.26. The highest BCUT2D eigenvalue weighted by Gasteiger charge is 2.62. The molecule has 1 fully saturated rings. The van der Waals surface area contributed by atoms with Crippen LogP contribution in [0.3, 0.4) is 0 Å². The molecule has 11 heteroatoms. The molecule has 0 saturated heterocycles. The number of rotatable bonds is 5. The number of sulfone groups is 2. The lowest BCUT2D eigenvalue weighted by atomic mass is 9.65. The molecule has 1 aliphatic heterocycles. The van der Waals surface area contributed by atoms with E-state index >= 15 is 4.39 Å². The first-order valence-corrected chi connectivity index (χ1v) is 14.3. The van der Waals surface area contributed by atoms with Crippen LogP contribution in [0.1, 0.15) is 24.8 Å². The smallest absolute Gasteiger partial charge is 0.188 e. The molecule has 1 aliphatic carbocycles. The molecule has 0 amide bonds. The zero-order valence-corrected chi connectivity index (χ0v) is 20.1. The molecule has 1 heterocycles. The van der Waals surface area contributed by atoms with E-state index in [0.29, 0.717) is 5.02 Å². The van der Waals surface area contributed by atoms with Crippen molar-refractivity contribution in [3.8, 4) is 5.75 Å². The molecule has 1 saturated carbocycles. The topological polar surface area (TPSA) is 97.7 Å². The van der Waals surface area contributed by atoms with Crippen LogP contribution in [0.25, 0.3) is 0 Å². The molecule has 2 aromatic rings. The molecule has 0 unspecified atom stereocenters. The first kappa shape index (κ1) is 24.4. The van der Waals surface area contributed by atoms with E-state index in [1.54, 1.807) is 0 Å². The molecule has 2 aromatic carbocycles. The van der Waals surface area contributed by atoms with Crippen molar-refractivity contribution < 1.29 is 35.5 Å². The van der Waals surface area contributed by atoms with Gasteiger partial charge in [-0.3, -0.25) is 0 Å². The number of aliphatic hydroxyl groups excluding tert-OH is 1. The van der Waals surface area contributed by atoms with Crippen molar-refractivity contribution in [2.75, 3.05) is 18.6 Å². The largest absolute Gasteiger partial charge is 0.490 e. The van der Waals surface area contributed by atoms with E-state index in [1.165, 1.54) is 24.3 Å². The van der Waals surface area contributed by atoms with Crippen LogP contribution in [0.5, 0.6) is 5.75 Å². The summed E-state index contributed by atoms with van der Waals surface area (Å²) in [7, 11) is -7.79. The van der Waals surface area contributed by atoms with Gasteiger partial charge in [-0.15, -0.1) is 0 Å². The van der Waals surface area contributed by atoms with Crippen LogP contribution < -0.4 is 4.74 Å². The number of hydrogen-bond donors (Lipinski definition) is 1. The third kappa shape index (κ3) is 4.05. The van der Waals surface area contributed by atoms with Crippen LogP contribution in [0, 0.1) is 23.5 Å². The van der Waals surface area contributed by atoms with E-state index in [4.69, 9.17) is 16.3 Å². The van der Waals surface area contributed by atoms with Gasteiger partial charge in [0.15, 0.2) is 21.4 Å². The van der Waals surface area contributed by atoms with Crippen LogP contribution in [-0.2, 0) is 24.4 Å². The van der Waals surface area contributed by atoms with E-state index in [-0.39, 0.29) is 36.5 Å². The van der Waals surface area contributed by atoms with E-state index < -0.39 is 65.3 Å². The van der Waals surface area contributed by atoms with Gasteiger partial charge in [0, 0.05) is 17.2 Å². The summed E-state index contributed by atoms with van der Waals surface area (Å²) in [6.07, 6.45) is -0.241. The quantitative estimate of drug-likeness (QED) is 0.648. The van der Waals surface area contributed by atoms with Gasteiger partial charge in [-0.05, 0) is 61.6 Å². The summed E-state index contributed by atoms with van der Waals surface area (Å²) in [4.78, 5) is -0.133. The van der Waals surface area contributed by atoms with E-state index in [0.717, 1.165) is 18.4 Å². The Bertz CT molecular complexity index is 1280. The van der Waals surface area contributed by atoms with Gasteiger partial charge in [-0.1, -0.05) is 11.6 Å². The third-order valence-corrected chi connectivity index (χ3v) is 10.5. The minimum atomic E-state index is -4.37. The normalized spacial score (nSPS) is 27.4.